The molecule has 0 aromatic heterocycles. The van der Waals surface area contributed by atoms with Crippen LogP contribution in [0.3, 0.4) is 0 Å². The molecule has 2 heterocycles. The average molecular weight is 380 g/mol. The van der Waals surface area contributed by atoms with Crippen LogP contribution in [-0.2, 0) is 9.59 Å². The number of anilines is 2. The van der Waals surface area contributed by atoms with Crippen molar-refractivity contribution in [1.29, 1.82) is 0 Å². The summed E-state index contributed by atoms with van der Waals surface area (Å²) in [4.78, 5) is 27.2. The molecule has 0 unspecified atom stereocenters. The number of fused-ring (bicyclic) bond motifs is 1. The molecule has 2 atom stereocenters. The van der Waals surface area contributed by atoms with Gasteiger partial charge in [0.1, 0.15) is 0 Å². The Morgan fingerprint density at radius 3 is 2.82 bits per heavy atom. The third kappa shape index (κ3) is 3.42. The van der Waals surface area contributed by atoms with Gasteiger partial charge < -0.3 is 19.7 Å². The molecule has 1 saturated heterocycles. The van der Waals surface area contributed by atoms with Crippen molar-refractivity contribution in [2.75, 3.05) is 23.6 Å². The van der Waals surface area contributed by atoms with Crippen LogP contribution in [0.25, 0.3) is 0 Å². The number of carbonyl (C=O) groups is 2. The van der Waals surface area contributed by atoms with Crippen LogP contribution in [0, 0.1) is 5.92 Å². The molecule has 2 aliphatic heterocycles. The minimum Gasteiger partial charge on any atom is -0.454 e. The lowest BCUT2D eigenvalue weighted by molar-refractivity contribution is -0.122. The molecule has 4 rings (SSSR count). The Kier molecular flexibility index (Phi) is 4.94. The first kappa shape index (κ1) is 18.3. The van der Waals surface area contributed by atoms with Gasteiger partial charge >= 0.3 is 0 Å². The van der Waals surface area contributed by atoms with Crippen LogP contribution in [0.15, 0.2) is 42.5 Å². The van der Waals surface area contributed by atoms with Crippen molar-refractivity contribution in [3.05, 3.63) is 48.0 Å². The lowest BCUT2D eigenvalue weighted by atomic mass is 9.96. The summed E-state index contributed by atoms with van der Waals surface area (Å²) >= 11 is 0. The predicted octanol–water partition coefficient (Wildman–Crippen LogP) is 3.92. The van der Waals surface area contributed by atoms with E-state index in [4.69, 9.17) is 9.47 Å². The number of hydrogen-bond donors (Lipinski definition) is 1. The molecular weight excluding hydrogens is 356 g/mol. The van der Waals surface area contributed by atoms with Crippen LogP contribution in [-0.4, -0.2) is 25.2 Å². The first-order valence-electron chi connectivity index (χ1n) is 9.66. The van der Waals surface area contributed by atoms with Crippen molar-refractivity contribution in [2.45, 2.75) is 32.6 Å². The molecule has 0 radical (unpaired) electrons. The van der Waals surface area contributed by atoms with Gasteiger partial charge in [0.25, 0.3) is 0 Å². The van der Waals surface area contributed by atoms with Gasteiger partial charge in [-0.15, -0.1) is 0 Å². The average Bonchev–Trinajstić information content (AvgIpc) is 3.33. The highest BCUT2D eigenvalue weighted by molar-refractivity contribution is 6.04. The second kappa shape index (κ2) is 7.54. The Labute approximate surface area is 164 Å². The molecule has 2 aromatic rings. The minimum atomic E-state index is -0.386. The maximum Gasteiger partial charge on any atom is 0.231 e. The maximum atomic E-state index is 12.8. The second-order valence-corrected chi connectivity index (χ2v) is 7.33. The Hall–Kier alpha value is -3.02. The molecule has 2 amide bonds. The van der Waals surface area contributed by atoms with E-state index in [2.05, 4.69) is 25.2 Å². The van der Waals surface area contributed by atoms with E-state index in [1.165, 1.54) is 0 Å². The van der Waals surface area contributed by atoms with Gasteiger partial charge in [-0.3, -0.25) is 9.59 Å². The van der Waals surface area contributed by atoms with Crippen molar-refractivity contribution in [3.63, 3.8) is 0 Å². The number of ether oxygens (including phenoxy) is 2. The number of hydrogen-bond acceptors (Lipinski definition) is 4. The molecule has 1 N–H and O–H groups in total. The van der Waals surface area contributed by atoms with Crippen molar-refractivity contribution in [3.8, 4) is 11.5 Å². The molecule has 0 spiro atoms. The Bertz CT molecular complexity index is 911. The summed E-state index contributed by atoms with van der Waals surface area (Å²) in [5, 5.41) is 2.90. The van der Waals surface area contributed by atoms with Crippen molar-refractivity contribution in [1.82, 2.24) is 0 Å². The van der Waals surface area contributed by atoms with Crippen molar-refractivity contribution in [2.24, 2.45) is 5.92 Å². The van der Waals surface area contributed by atoms with E-state index < -0.39 is 0 Å². The van der Waals surface area contributed by atoms with E-state index in [1.54, 1.807) is 23.1 Å². The Morgan fingerprint density at radius 2 is 2.00 bits per heavy atom. The summed E-state index contributed by atoms with van der Waals surface area (Å²) in [6, 6.07) is 13.3. The van der Waals surface area contributed by atoms with Crippen LogP contribution in [0.1, 0.15) is 38.2 Å². The van der Waals surface area contributed by atoms with Gasteiger partial charge in [0.05, 0.1) is 5.92 Å². The monoisotopic (exact) mass is 380 g/mol. The van der Waals surface area contributed by atoms with Gasteiger partial charge in [-0.25, -0.2) is 0 Å². The standard InChI is InChI=1S/C22H24N2O4/c1-3-14(2)17-6-4-5-7-18(17)24-12-15(10-21(24)25)22(26)23-16-8-9-19-20(11-16)28-13-27-19/h4-9,11,14-15H,3,10,12-13H2,1-2H3,(H,23,26)/t14-,15+/m1/s1. The molecule has 1 fully saturated rings. The predicted molar refractivity (Wildman–Crippen MR) is 107 cm³/mol. The van der Waals surface area contributed by atoms with Crippen molar-refractivity contribution < 1.29 is 19.1 Å². The van der Waals surface area contributed by atoms with Crippen LogP contribution in [0.4, 0.5) is 11.4 Å². The lowest BCUT2D eigenvalue weighted by Crippen LogP contribution is -2.29. The maximum absolute atomic E-state index is 12.8. The van der Waals surface area contributed by atoms with Crippen molar-refractivity contribution >= 4 is 23.2 Å². The molecule has 146 valence electrons. The van der Waals surface area contributed by atoms with Crippen LogP contribution >= 0.6 is 0 Å². The molecule has 0 bridgehead atoms. The fraction of sp³-hybridized carbons (Fsp3) is 0.364. The topological polar surface area (TPSA) is 67.9 Å². The third-order valence-electron chi connectivity index (χ3n) is 5.51. The molecule has 0 saturated carbocycles. The van der Waals surface area contributed by atoms with E-state index in [0.29, 0.717) is 29.6 Å². The Morgan fingerprint density at radius 1 is 1.21 bits per heavy atom. The van der Waals surface area contributed by atoms with Gasteiger partial charge in [0.2, 0.25) is 18.6 Å². The van der Waals surface area contributed by atoms with Gasteiger partial charge in [-0.1, -0.05) is 32.0 Å². The number of benzene rings is 2. The first-order valence-corrected chi connectivity index (χ1v) is 9.66. The third-order valence-corrected chi connectivity index (χ3v) is 5.51. The Balaban J connectivity index is 1.48. The SMILES string of the molecule is CC[C@@H](C)c1ccccc1N1C[C@@H](C(=O)Nc2ccc3c(c2)OCO3)CC1=O. The smallest absolute Gasteiger partial charge is 0.231 e. The molecule has 6 heteroatoms. The molecule has 28 heavy (non-hydrogen) atoms. The minimum absolute atomic E-state index is 0.0124. The number of nitrogens with zero attached hydrogens (tertiary/aromatic N) is 1. The lowest BCUT2D eigenvalue weighted by Gasteiger charge is -2.23. The first-order chi connectivity index (χ1) is 13.6. The summed E-state index contributed by atoms with van der Waals surface area (Å²) < 4.78 is 10.6. The van der Waals surface area contributed by atoms with Gasteiger partial charge in [0, 0.05) is 30.4 Å². The second-order valence-electron chi connectivity index (χ2n) is 7.33. The fourth-order valence-electron chi connectivity index (χ4n) is 3.70. The number of para-hydroxylation sites is 1. The summed E-state index contributed by atoms with van der Waals surface area (Å²) in [6.07, 6.45) is 1.21. The van der Waals surface area contributed by atoms with E-state index in [1.807, 2.05) is 18.2 Å². The molecule has 6 nitrogen and oxygen atoms in total. The highest BCUT2D eigenvalue weighted by atomic mass is 16.7. The zero-order valence-electron chi connectivity index (χ0n) is 16.1. The van der Waals surface area contributed by atoms with E-state index in [0.717, 1.165) is 17.7 Å². The van der Waals surface area contributed by atoms with Crippen LogP contribution in [0.5, 0.6) is 11.5 Å². The summed E-state index contributed by atoms with van der Waals surface area (Å²) in [5.41, 5.74) is 2.70. The molecule has 2 aliphatic rings. The normalized spacial score (nSPS) is 19.0. The van der Waals surface area contributed by atoms with Gasteiger partial charge in [-0.2, -0.15) is 0 Å². The van der Waals surface area contributed by atoms with Crippen LogP contribution < -0.4 is 19.7 Å². The number of rotatable bonds is 5. The molecule has 2 aromatic carbocycles. The van der Waals surface area contributed by atoms with E-state index >= 15 is 0 Å². The fourth-order valence-corrected chi connectivity index (χ4v) is 3.70. The van der Waals surface area contributed by atoms with E-state index in [9.17, 15) is 9.59 Å². The number of amides is 2. The van der Waals surface area contributed by atoms with Gasteiger partial charge in [-0.05, 0) is 36.1 Å². The van der Waals surface area contributed by atoms with Crippen LogP contribution in [0.2, 0.25) is 0 Å². The highest BCUT2D eigenvalue weighted by Gasteiger charge is 2.36. The molecule has 0 aliphatic carbocycles. The highest BCUT2D eigenvalue weighted by Crippen LogP contribution is 2.36. The van der Waals surface area contributed by atoms with E-state index in [-0.39, 0.29) is 30.9 Å². The number of carbonyl (C=O) groups excluding carboxylic acids is 2. The number of nitrogens with one attached hydrogen (secondary N) is 1. The van der Waals surface area contributed by atoms with Gasteiger partial charge in [0.15, 0.2) is 11.5 Å². The molecular formula is C22H24N2O4. The zero-order chi connectivity index (χ0) is 19.7. The zero-order valence-corrected chi connectivity index (χ0v) is 16.1. The summed E-state index contributed by atoms with van der Waals surface area (Å²) in [7, 11) is 0. The summed E-state index contributed by atoms with van der Waals surface area (Å²) in [6.45, 7) is 4.87. The quantitative estimate of drug-likeness (QED) is 0.854. The largest absolute Gasteiger partial charge is 0.454 e. The summed E-state index contributed by atoms with van der Waals surface area (Å²) in [5.74, 6) is 1.08.